The van der Waals surface area contributed by atoms with E-state index in [0.717, 1.165) is 0 Å². The van der Waals surface area contributed by atoms with E-state index in [4.69, 9.17) is 5.11 Å². The van der Waals surface area contributed by atoms with Gasteiger partial charge in [0.2, 0.25) is 5.56 Å². The van der Waals surface area contributed by atoms with Crippen molar-refractivity contribution in [1.82, 2.24) is 10.3 Å². The van der Waals surface area contributed by atoms with Crippen molar-refractivity contribution in [2.75, 3.05) is 13.2 Å². The number of H-pyrrole nitrogens is 1. The molecule has 19 heavy (non-hydrogen) atoms. The van der Waals surface area contributed by atoms with Crippen molar-refractivity contribution in [3.05, 3.63) is 46.2 Å². The van der Waals surface area contributed by atoms with Gasteiger partial charge in [-0.2, -0.15) is 0 Å². The van der Waals surface area contributed by atoms with E-state index in [1.807, 2.05) is 13.0 Å². The van der Waals surface area contributed by atoms with Gasteiger partial charge in [0.05, 0.1) is 5.56 Å². The van der Waals surface area contributed by atoms with Gasteiger partial charge in [0.25, 0.3) is 5.91 Å². The number of hydrogen-bond acceptors (Lipinski definition) is 3. The molecule has 1 aromatic carbocycles. The number of aliphatic hydroxyl groups is 1. The number of fused-ring (bicyclic) bond motifs is 1. The van der Waals surface area contributed by atoms with Crippen LogP contribution >= 0.6 is 0 Å². The van der Waals surface area contributed by atoms with Gasteiger partial charge in [-0.05, 0) is 12.0 Å². The van der Waals surface area contributed by atoms with Gasteiger partial charge >= 0.3 is 0 Å². The van der Waals surface area contributed by atoms with Crippen LogP contribution in [0.3, 0.4) is 0 Å². The smallest absolute Gasteiger partial charge is 0.252 e. The molecule has 1 aromatic heterocycles. The summed E-state index contributed by atoms with van der Waals surface area (Å²) in [7, 11) is 0. The predicted octanol–water partition coefficient (Wildman–Crippen LogP) is 0.886. The zero-order valence-corrected chi connectivity index (χ0v) is 10.6. The Morgan fingerprint density at radius 3 is 2.89 bits per heavy atom. The minimum atomic E-state index is -0.306. The van der Waals surface area contributed by atoms with Gasteiger partial charge < -0.3 is 15.4 Å². The van der Waals surface area contributed by atoms with Crippen molar-refractivity contribution >= 4 is 16.8 Å². The third-order valence-electron chi connectivity index (χ3n) is 2.92. The number of amides is 1. The van der Waals surface area contributed by atoms with Crippen molar-refractivity contribution in [3.8, 4) is 0 Å². The summed E-state index contributed by atoms with van der Waals surface area (Å²) in [6, 6.07) is 8.45. The Labute approximate surface area is 110 Å². The SMILES string of the molecule is CC(CO)CNC(=O)c1cc(=O)[nH]c2ccccc12. The minimum absolute atomic E-state index is 0.0103. The number of benzene rings is 1. The lowest BCUT2D eigenvalue weighted by Crippen LogP contribution is -2.30. The van der Waals surface area contributed by atoms with E-state index in [0.29, 0.717) is 23.0 Å². The first-order valence-electron chi connectivity index (χ1n) is 6.13. The van der Waals surface area contributed by atoms with Gasteiger partial charge in [-0.3, -0.25) is 9.59 Å². The van der Waals surface area contributed by atoms with Crippen molar-refractivity contribution in [2.24, 2.45) is 5.92 Å². The lowest BCUT2D eigenvalue weighted by molar-refractivity contribution is 0.0944. The van der Waals surface area contributed by atoms with Gasteiger partial charge in [-0.15, -0.1) is 0 Å². The Bertz CT molecular complexity index is 648. The molecule has 0 saturated heterocycles. The quantitative estimate of drug-likeness (QED) is 0.763. The number of nitrogens with one attached hydrogen (secondary N) is 2. The average molecular weight is 260 g/mol. The fourth-order valence-corrected chi connectivity index (χ4v) is 1.82. The molecule has 100 valence electrons. The molecule has 2 rings (SSSR count). The van der Waals surface area contributed by atoms with Gasteiger partial charge in [0.1, 0.15) is 0 Å². The van der Waals surface area contributed by atoms with Gasteiger partial charge in [-0.25, -0.2) is 0 Å². The number of carbonyl (C=O) groups is 1. The van der Waals surface area contributed by atoms with E-state index in [2.05, 4.69) is 10.3 Å². The zero-order valence-electron chi connectivity index (χ0n) is 10.6. The predicted molar refractivity (Wildman–Crippen MR) is 73.2 cm³/mol. The molecule has 2 aromatic rings. The minimum Gasteiger partial charge on any atom is -0.396 e. The molecule has 0 saturated carbocycles. The number of para-hydroxylation sites is 1. The van der Waals surface area contributed by atoms with Gasteiger partial charge in [0, 0.05) is 30.1 Å². The Balaban J connectivity index is 2.33. The van der Waals surface area contributed by atoms with Gasteiger partial charge in [0.15, 0.2) is 0 Å². The van der Waals surface area contributed by atoms with Crippen LogP contribution in [0.2, 0.25) is 0 Å². The molecule has 0 aliphatic rings. The molecule has 3 N–H and O–H groups in total. The molecule has 0 aliphatic heterocycles. The van der Waals surface area contributed by atoms with Gasteiger partial charge in [-0.1, -0.05) is 25.1 Å². The Morgan fingerprint density at radius 1 is 1.42 bits per heavy atom. The highest BCUT2D eigenvalue weighted by atomic mass is 16.3. The van der Waals surface area contributed by atoms with Crippen molar-refractivity contribution < 1.29 is 9.90 Å². The molecular formula is C14H16N2O3. The summed E-state index contributed by atoms with van der Waals surface area (Å²) < 4.78 is 0. The standard InChI is InChI=1S/C14H16N2O3/c1-9(8-17)7-15-14(19)11-6-13(18)16-12-5-3-2-4-10(11)12/h2-6,9,17H,7-8H2,1H3,(H,15,19)(H,16,18). The summed E-state index contributed by atoms with van der Waals surface area (Å²) in [6.07, 6.45) is 0. The first-order valence-corrected chi connectivity index (χ1v) is 6.13. The summed E-state index contributed by atoms with van der Waals surface area (Å²) in [6.45, 7) is 2.21. The highest BCUT2D eigenvalue weighted by Crippen LogP contribution is 2.14. The van der Waals surface area contributed by atoms with E-state index < -0.39 is 0 Å². The highest BCUT2D eigenvalue weighted by Gasteiger charge is 2.12. The van der Waals surface area contributed by atoms with Crippen LogP contribution in [0, 0.1) is 5.92 Å². The summed E-state index contributed by atoms with van der Waals surface area (Å²) in [4.78, 5) is 26.3. The molecule has 1 heterocycles. The monoisotopic (exact) mass is 260 g/mol. The van der Waals surface area contributed by atoms with Crippen molar-refractivity contribution in [3.63, 3.8) is 0 Å². The lowest BCUT2D eigenvalue weighted by atomic mass is 10.1. The van der Waals surface area contributed by atoms with Crippen LogP contribution in [0.25, 0.3) is 10.9 Å². The highest BCUT2D eigenvalue weighted by molar-refractivity contribution is 6.05. The van der Waals surface area contributed by atoms with Crippen molar-refractivity contribution in [2.45, 2.75) is 6.92 Å². The number of rotatable bonds is 4. The Kier molecular flexibility index (Phi) is 3.97. The van der Waals surface area contributed by atoms with Crippen LogP contribution in [0.4, 0.5) is 0 Å². The average Bonchev–Trinajstić information content (AvgIpc) is 2.43. The molecule has 1 unspecified atom stereocenters. The number of aromatic nitrogens is 1. The maximum atomic E-state index is 12.1. The Morgan fingerprint density at radius 2 is 2.16 bits per heavy atom. The fraction of sp³-hybridized carbons (Fsp3) is 0.286. The van der Waals surface area contributed by atoms with Crippen LogP contribution < -0.4 is 10.9 Å². The second-order valence-corrected chi connectivity index (χ2v) is 4.59. The van der Waals surface area contributed by atoms with Crippen LogP contribution in [-0.2, 0) is 0 Å². The normalized spacial score (nSPS) is 12.3. The number of carbonyl (C=O) groups excluding carboxylic acids is 1. The second-order valence-electron chi connectivity index (χ2n) is 4.59. The zero-order chi connectivity index (χ0) is 13.8. The molecule has 0 bridgehead atoms. The second kappa shape index (κ2) is 5.67. The van der Waals surface area contributed by atoms with Crippen LogP contribution in [0.15, 0.2) is 35.1 Å². The van der Waals surface area contributed by atoms with E-state index in [-0.39, 0.29) is 24.0 Å². The maximum Gasteiger partial charge on any atom is 0.252 e. The molecular weight excluding hydrogens is 244 g/mol. The number of aliphatic hydroxyl groups excluding tert-OH is 1. The molecule has 5 heteroatoms. The molecule has 0 aliphatic carbocycles. The molecule has 0 fully saturated rings. The first kappa shape index (κ1) is 13.3. The Hall–Kier alpha value is -2.14. The van der Waals surface area contributed by atoms with E-state index >= 15 is 0 Å². The van der Waals surface area contributed by atoms with E-state index in [9.17, 15) is 9.59 Å². The summed E-state index contributed by atoms with van der Waals surface area (Å²) >= 11 is 0. The lowest BCUT2D eigenvalue weighted by Gasteiger charge is -2.10. The van der Waals surface area contributed by atoms with E-state index in [1.54, 1.807) is 18.2 Å². The topological polar surface area (TPSA) is 82.2 Å². The molecule has 0 radical (unpaired) electrons. The van der Waals surface area contributed by atoms with Crippen LogP contribution in [-0.4, -0.2) is 29.1 Å². The largest absolute Gasteiger partial charge is 0.396 e. The third-order valence-corrected chi connectivity index (χ3v) is 2.92. The number of pyridine rings is 1. The third kappa shape index (κ3) is 3.00. The molecule has 1 atom stereocenters. The molecule has 5 nitrogen and oxygen atoms in total. The molecule has 1 amide bonds. The number of hydrogen-bond donors (Lipinski definition) is 3. The number of aromatic amines is 1. The fourth-order valence-electron chi connectivity index (χ4n) is 1.82. The summed E-state index contributed by atoms with van der Waals surface area (Å²) in [5.74, 6) is -0.320. The van der Waals surface area contributed by atoms with E-state index in [1.165, 1.54) is 6.07 Å². The first-order chi connectivity index (χ1) is 9.11. The van der Waals surface area contributed by atoms with Crippen molar-refractivity contribution in [1.29, 1.82) is 0 Å². The maximum absolute atomic E-state index is 12.1. The molecule has 0 spiro atoms. The van der Waals surface area contributed by atoms with Crippen LogP contribution in [0.5, 0.6) is 0 Å². The summed E-state index contributed by atoms with van der Waals surface area (Å²) in [5, 5.41) is 12.3. The summed E-state index contributed by atoms with van der Waals surface area (Å²) in [5.41, 5.74) is 0.680. The van der Waals surface area contributed by atoms with Crippen LogP contribution in [0.1, 0.15) is 17.3 Å².